The average Bonchev–Trinajstić information content (AvgIpc) is 3.11. The van der Waals surface area contributed by atoms with E-state index < -0.39 is 0 Å². The SMILES string of the molecule is CC[C@H](C)NCc1nc2c3c4c(sc3ncn2n1)COC(C)(C)C4. The Hall–Kier alpha value is -1.57. The van der Waals surface area contributed by atoms with Gasteiger partial charge in [-0.3, -0.25) is 0 Å². The molecule has 1 N–H and O–H groups in total. The molecule has 4 rings (SSSR count). The molecule has 128 valence electrons. The van der Waals surface area contributed by atoms with Crippen molar-refractivity contribution in [3.05, 3.63) is 22.6 Å². The highest BCUT2D eigenvalue weighted by Crippen LogP contribution is 2.39. The Kier molecular flexibility index (Phi) is 3.82. The molecule has 3 aromatic heterocycles. The number of nitrogens with one attached hydrogen (secondary N) is 1. The Morgan fingerprint density at radius 1 is 1.46 bits per heavy atom. The summed E-state index contributed by atoms with van der Waals surface area (Å²) in [5, 5.41) is 9.19. The van der Waals surface area contributed by atoms with Gasteiger partial charge in [0.15, 0.2) is 11.5 Å². The van der Waals surface area contributed by atoms with Crippen molar-refractivity contribution in [1.82, 2.24) is 24.9 Å². The predicted octanol–water partition coefficient (Wildman–Crippen LogP) is 3.08. The average molecular weight is 345 g/mol. The van der Waals surface area contributed by atoms with E-state index in [0.717, 1.165) is 34.5 Å². The van der Waals surface area contributed by atoms with Gasteiger partial charge in [-0.15, -0.1) is 16.4 Å². The Morgan fingerprint density at radius 3 is 3.08 bits per heavy atom. The molecule has 0 bridgehead atoms. The standard InChI is InChI=1S/C17H23N5OS/c1-5-10(2)18-7-13-20-15-14-11-6-17(3,4)23-8-12(11)24-16(14)19-9-22(15)21-13/h9-10,18H,5-8H2,1-4H3/t10-/m0/s1. The normalized spacial score (nSPS) is 18.2. The molecule has 1 atom stereocenters. The number of hydrogen-bond donors (Lipinski definition) is 1. The smallest absolute Gasteiger partial charge is 0.168 e. The fourth-order valence-electron chi connectivity index (χ4n) is 3.07. The summed E-state index contributed by atoms with van der Waals surface area (Å²) in [5.41, 5.74) is 2.10. The Bertz CT molecular complexity index is 897. The molecular formula is C17H23N5OS. The molecule has 1 aliphatic heterocycles. The molecule has 0 fully saturated rings. The van der Waals surface area contributed by atoms with Gasteiger partial charge in [-0.05, 0) is 32.8 Å². The zero-order valence-electron chi connectivity index (χ0n) is 14.6. The van der Waals surface area contributed by atoms with Crippen LogP contribution in [0.3, 0.4) is 0 Å². The number of aromatic nitrogens is 4. The second-order valence-electron chi connectivity index (χ2n) is 7.14. The summed E-state index contributed by atoms with van der Waals surface area (Å²) >= 11 is 1.71. The minimum absolute atomic E-state index is 0.144. The van der Waals surface area contributed by atoms with Crippen molar-refractivity contribution in [2.75, 3.05) is 0 Å². The Balaban J connectivity index is 1.79. The van der Waals surface area contributed by atoms with E-state index in [1.165, 1.54) is 10.4 Å². The van der Waals surface area contributed by atoms with E-state index in [1.807, 2.05) is 4.52 Å². The van der Waals surface area contributed by atoms with Crippen LogP contribution in [0.25, 0.3) is 15.9 Å². The van der Waals surface area contributed by atoms with Crippen LogP contribution in [0.5, 0.6) is 0 Å². The van der Waals surface area contributed by atoms with Gasteiger partial charge in [-0.1, -0.05) is 6.92 Å². The van der Waals surface area contributed by atoms with Crippen LogP contribution < -0.4 is 5.32 Å². The quantitative estimate of drug-likeness (QED) is 0.787. The summed E-state index contributed by atoms with van der Waals surface area (Å²) in [6, 6.07) is 0.460. The van der Waals surface area contributed by atoms with Crippen molar-refractivity contribution in [1.29, 1.82) is 0 Å². The van der Waals surface area contributed by atoms with Crippen molar-refractivity contribution in [3.63, 3.8) is 0 Å². The summed E-state index contributed by atoms with van der Waals surface area (Å²) in [5.74, 6) is 0.816. The zero-order chi connectivity index (χ0) is 16.9. The molecule has 0 unspecified atom stereocenters. The van der Waals surface area contributed by atoms with E-state index in [-0.39, 0.29) is 5.60 Å². The van der Waals surface area contributed by atoms with Crippen LogP contribution in [0.4, 0.5) is 0 Å². The Morgan fingerprint density at radius 2 is 2.29 bits per heavy atom. The van der Waals surface area contributed by atoms with Gasteiger partial charge in [-0.25, -0.2) is 14.5 Å². The molecule has 0 saturated heterocycles. The van der Waals surface area contributed by atoms with Gasteiger partial charge in [0, 0.05) is 17.3 Å². The molecule has 0 aromatic carbocycles. The summed E-state index contributed by atoms with van der Waals surface area (Å²) < 4.78 is 7.76. The molecule has 6 nitrogen and oxygen atoms in total. The van der Waals surface area contributed by atoms with Gasteiger partial charge in [0.25, 0.3) is 0 Å². The maximum Gasteiger partial charge on any atom is 0.168 e. The van der Waals surface area contributed by atoms with Crippen LogP contribution in [0.2, 0.25) is 0 Å². The molecule has 1 aliphatic rings. The number of nitrogens with zero attached hydrogens (tertiary/aromatic N) is 4. The molecule has 7 heteroatoms. The highest BCUT2D eigenvalue weighted by atomic mass is 32.1. The maximum absolute atomic E-state index is 5.95. The van der Waals surface area contributed by atoms with Crippen LogP contribution in [0, 0.1) is 0 Å². The first-order valence-corrected chi connectivity index (χ1v) is 9.30. The minimum atomic E-state index is -0.144. The van der Waals surface area contributed by atoms with E-state index in [9.17, 15) is 0 Å². The first-order valence-electron chi connectivity index (χ1n) is 8.48. The predicted molar refractivity (Wildman–Crippen MR) is 95.3 cm³/mol. The van der Waals surface area contributed by atoms with E-state index >= 15 is 0 Å². The van der Waals surface area contributed by atoms with Crippen molar-refractivity contribution in [3.8, 4) is 0 Å². The zero-order valence-corrected chi connectivity index (χ0v) is 15.4. The molecule has 0 amide bonds. The number of thiophene rings is 1. The van der Waals surface area contributed by atoms with E-state index in [1.54, 1.807) is 17.7 Å². The third-order valence-corrected chi connectivity index (χ3v) is 5.79. The van der Waals surface area contributed by atoms with Crippen molar-refractivity contribution >= 4 is 27.2 Å². The van der Waals surface area contributed by atoms with E-state index in [2.05, 4.69) is 43.1 Å². The van der Waals surface area contributed by atoms with Gasteiger partial charge >= 0.3 is 0 Å². The van der Waals surface area contributed by atoms with Crippen molar-refractivity contribution < 1.29 is 4.74 Å². The minimum Gasteiger partial charge on any atom is -0.370 e. The highest BCUT2D eigenvalue weighted by molar-refractivity contribution is 7.19. The van der Waals surface area contributed by atoms with Crippen LogP contribution in [0.1, 0.15) is 50.4 Å². The molecule has 3 aromatic rings. The molecule has 0 aliphatic carbocycles. The summed E-state index contributed by atoms with van der Waals surface area (Å²) in [6.07, 6.45) is 3.74. The number of rotatable bonds is 4. The summed E-state index contributed by atoms with van der Waals surface area (Å²) in [4.78, 5) is 11.7. The van der Waals surface area contributed by atoms with Crippen LogP contribution in [-0.4, -0.2) is 31.2 Å². The second kappa shape index (κ2) is 5.75. The fourth-order valence-corrected chi connectivity index (χ4v) is 4.14. The molecular weight excluding hydrogens is 322 g/mol. The van der Waals surface area contributed by atoms with Gasteiger partial charge in [0.2, 0.25) is 0 Å². The largest absolute Gasteiger partial charge is 0.370 e. The first-order chi connectivity index (χ1) is 11.5. The number of hydrogen-bond acceptors (Lipinski definition) is 6. The van der Waals surface area contributed by atoms with E-state index in [0.29, 0.717) is 19.2 Å². The third kappa shape index (κ3) is 2.70. The topological polar surface area (TPSA) is 64.3 Å². The second-order valence-corrected chi connectivity index (χ2v) is 8.22. The Labute approximate surface area is 145 Å². The number of fused-ring (bicyclic) bond motifs is 5. The first kappa shape index (κ1) is 15.9. The van der Waals surface area contributed by atoms with Crippen LogP contribution in [-0.2, 0) is 24.3 Å². The lowest BCUT2D eigenvalue weighted by atomic mass is 9.94. The lowest BCUT2D eigenvalue weighted by molar-refractivity contribution is -0.0379. The van der Waals surface area contributed by atoms with Gasteiger partial charge in [0.1, 0.15) is 11.2 Å². The lowest BCUT2D eigenvalue weighted by Gasteiger charge is -2.30. The van der Waals surface area contributed by atoms with Crippen LogP contribution in [0.15, 0.2) is 6.33 Å². The monoisotopic (exact) mass is 345 g/mol. The molecule has 4 heterocycles. The van der Waals surface area contributed by atoms with E-state index in [4.69, 9.17) is 9.72 Å². The third-order valence-electron chi connectivity index (χ3n) is 4.67. The van der Waals surface area contributed by atoms with Gasteiger partial charge in [0.05, 0.1) is 24.1 Å². The summed E-state index contributed by atoms with van der Waals surface area (Å²) in [6.45, 7) is 9.96. The van der Waals surface area contributed by atoms with Crippen LogP contribution >= 0.6 is 11.3 Å². The molecule has 0 spiro atoms. The highest BCUT2D eigenvalue weighted by Gasteiger charge is 2.30. The summed E-state index contributed by atoms with van der Waals surface area (Å²) in [7, 11) is 0. The van der Waals surface area contributed by atoms with Crippen molar-refractivity contribution in [2.45, 2.75) is 65.3 Å². The molecule has 0 saturated carbocycles. The van der Waals surface area contributed by atoms with Gasteiger partial charge < -0.3 is 10.1 Å². The van der Waals surface area contributed by atoms with Gasteiger partial charge in [-0.2, -0.15) is 0 Å². The molecule has 0 radical (unpaired) electrons. The maximum atomic E-state index is 5.95. The van der Waals surface area contributed by atoms with Crippen molar-refractivity contribution in [2.24, 2.45) is 0 Å². The fraction of sp³-hybridized carbons (Fsp3) is 0.588. The molecule has 24 heavy (non-hydrogen) atoms. The lowest BCUT2D eigenvalue weighted by Crippen LogP contribution is -2.31. The number of ether oxygens (including phenoxy) is 1.